The highest BCUT2D eigenvalue weighted by Gasteiger charge is 2.14. The molecule has 2 aromatic rings. The van der Waals surface area contributed by atoms with Crippen molar-refractivity contribution in [1.82, 2.24) is 9.78 Å². The van der Waals surface area contributed by atoms with Crippen molar-refractivity contribution in [3.05, 3.63) is 41.2 Å². The summed E-state index contributed by atoms with van der Waals surface area (Å²) in [6.07, 6.45) is 2.78. The topological polar surface area (TPSA) is 59.0 Å². The van der Waals surface area contributed by atoms with Gasteiger partial charge in [0.05, 0.1) is 11.4 Å². The monoisotopic (exact) mass is 256 g/mol. The van der Waals surface area contributed by atoms with Crippen LogP contribution in [0.4, 0.5) is 11.4 Å². The first-order valence-corrected chi connectivity index (χ1v) is 6.32. The van der Waals surface area contributed by atoms with Gasteiger partial charge in [-0.05, 0) is 37.1 Å². The number of fused-ring (bicyclic) bond motifs is 1. The number of aromatic nitrogens is 2. The van der Waals surface area contributed by atoms with Gasteiger partial charge in [-0.1, -0.05) is 0 Å². The summed E-state index contributed by atoms with van der Waals surface area (Å²) in [6.45, 7) is 2.82. The van der Waals surface area contributed by atoms with Gasteiger partial charge >= 0.3 is 0 Å². The fourth-order valence-electron chi connectivity index (χ4n) is 2.36. The second-order valence-corrected chi connectivity index (χ2v) is 4.80. The van der Waals surface area contributed by atoms with Gasteiger partial charge in [0.15, 0.2) is 0 Å². The predicted octanol–water partition coefficient (Wildman–Crippen LogP) is 1.95. The molecule has 19 heavy (non-hydrogen) atoms. The van der Waals surface area contributed by atoms with Crippen molar-refractivity contribution < 1.29 is 4.79 Å². The lowest BCUT2D eigenvalue weighted by Gasteiger charge is -2.06. The number of hydrogen-bond acceptors (Lipinski definition) is 3. The SMILES string of the molecule is Cc1nn(C)cc1NC(=O)c1ccc2c(c1)CCN2. The summed E-state index contributed by atoms with van der Waals surface area (Å²) in [5, 5.41) is 10.4. The highest BCUT2D eigenvalue weighted by molar-refractivity contribution is 6.04. The first kappa shape index (κ1) is 11.8. The molecule has 1 aromatic carbocycles. The van der Waals surface area contributed by atoms with Gasteiger partial charge < -0.3 is 10.6 Å². The molecule has 0 aliphatic carbocycles. The van der Waals surface area contributed by atoms with Crippen molar-refractivity contribution >= 4 is 17.3 Å². The summed E-state index contributed by atoms with van der Waals surface area (Å²) in [7, 11) is 1.84. The summed E-state index contributed by atoms with van der Waals surface area (Å²) >= 11 is 0. The third-order valence-electron chi connectivity index (χ3n) is 3.34. The molecular weight excluding hydrogens is 240 g/mol. The Hall–Kier alpha value is -2.30. The van der Waals surface area contributed by atoms with Crippen LogP contribution >= 0.6 is 0 Å². The minimum absolute atomic E-state index is 0.0919. The van der Waals surface area contributed by atoms with Crippen LogP contribution in [0.25, 0.3) is 0 Å². The van der Waals surface area contributed by atoms with Crippen LogP contribution in [0.5, 0.6) is 0 Å². The largest absolute Gasteiger partial charge is 0.384 e. The van der Waals surface area contributed by atoms with E-state index in [1.54, 1.807) is 4.68 Å². The number of amides is 1. The van der Waals surface area contributed by atoms with Gasteiger partial charge in [-0.2, -0.15) is 5.10 Å². The highest BCUT2D eigenvalue weighted by Crippen LogP contribution is 2.23. The molecule has 0 unspecified atom stereocenters. The van der Waals surface area contributed by atoms with E-state index in [0.717, 1.165) is 30.0 Å². The van der Waals surface area contributed by atoms with Crippen molar-refractivity contribution in [1.29, 1.82) is 0 Å². The zero-order valence-electron chi connectivity index (χ0n) is 11.0. The molecule has 2 heterocycles. The number of nitrogens with zero attached hydrogens (tertiary/aromatic N) is 2. The van der Waals surface area contributed by atoms with Gasteiger partial charge in [0, 0.05) is 31.0 Å². The lowest BCUT2D eigenvalue weighted by molar-refractivity contribution is 0.102. The molecule has 3 rings (SSSR count). The number of carbonyl (C=O) groups excluding carboxylic acids is 1. The van der Waals surface area contributed by atoms with Crippen LogP contribution in [-0.2, 0) is 13.5 Å². The molecule has 0 spiro atoms. The zero-order chi connectivity index (χ0) is 13.4. The van der Waals surface area contributed by atoms with Crippen molar-refractivity contribution in [3.63, 3.8) is 0 Å². The Morgan fingerprint density at radius 3 is 3.05 bits per heavy atom. The fraction of sp³-hybridized carbons (Fsp3) is 0.286. The molecule has 0 atom stereocenters. The van der Waals surface area contributed by atoms with Crippen LogP contribution in [0.2, 0.25) is 0 Å². The van der Waals surface area contributed by atoms with Crippen molar-refractivity contribution in [2.24, 2.45) is 7.05 Å². The Morgan fingerprint density at radius 2 is 2.32 bits per heavy atom. The molecule has 0 fully saturated rings. The quantitative estimate of drug-likeness (QED) is 0.863. The summed E-state index contributed by atoms with van der Waals surface area (Å²) < 4.78 is 1.69. The Balaban J connectivity index is 1.82. The number of benzene rings is 1. The van der Waals surface area contributed by atoms with E-state index < -0.39 is 0 Å². The van der Waals surface area contributed by atoms with Gasteiger partial charge in [0.25, 0.3) is 5.91 Å². The predicted molar refractivity (Wildman–Crippen MR) is 74.5 cm³/mol. The van der Waals surface area contributed by atoms with Crippen LogP contribution in [0.1, 0.15) is 21.6 Å². The number of aryl methyl sites for hydroxylation is 2. The molecular formula is C14H16N4O. The summed E-state index contributed by atoms with van der Waals surface area (Å²) in [4.78, 5) is 12.2. The standard InChI is InChI=1S/C14H16N4O/c1-9-13(8-18(2)17-9)16-14(19)11-3-4-12-10(7-11)5-6-15-12/h3-4,7-8,15H,5-6H2,1-2H3,(H,16,19). The molecule has 0 bridgehead atoms. The summed E-state index contributed by atoms with van der Waals surface area (Å²) in [5.41, 5.74) is 4.60. The van der Waals surface area contributed by atoms with Gasteiger partial charge in [-0.25, -0.2) is 0 Å². The normalized spacial score (nSPS) is 12.9. The molecule has 1 aromatic heterocycles. The van der Waals surface area contributed by atoms with E-state index in [4.69, 9.17) is 0 Å². The molecule has 5 nitrogen and oxygen atoms in total. The Morgan fingerprint density at radius 1 is 1.47 bits per heavy atom. The first-order chi connectivity index (χ1) is 9.13. The molecule has 1 aliphatic rings. The summed E-state index contributed by atoms with van der Waals surface area (Å²) in [6, 6.07) is 5.77. The van der Waals surface area contributed by atoms with Gasteiger partial charge in [-0.15, -0.1) is 0 Å². The number of nitrogens with one attached hydrogen (secondary N) is 2. The maximum atomic E-state index is 12.2. The van der Waals surface area contributed by atoms with Gasteiger partial charge in [0.1, 0.15) is 0 Å². The van der Waals surface area contributed by atoms with E-state index in [2.05, 4.69) is 15.7 Å². The molecule has 0 radical (unpaired) electrons. The number of hydrogen-bond donors (Lipinski definition) is 2. The van der Waals surface area contributed by atoms with Crippen LogP contribution < -0.4 is 10.6 Å². The van der Waals surface area contributed by atoms with Crippen molar-refractivity contribution in [2.75, 3.05) is 17.2 Å². The van der Waals surface area contributed by atoms with E-state index in [-0.39, 0.29) is 5.91 Å². The van der Waals surface area contributed by atoms with Crippen LogP contribution in [0.3, 0.4) is 0 Å². The van der Waals surface area contributed by atoms with Crippen LogP contribution in [0.15, 0.2) is 24.4 Å². The molecule has 0 saturated carbocycles. The van der Waals surface area contributed by atoms with Gasteiger partial charge in [-0.3, -0.25) is 9.48 Å². The van der Waals surface area contributed by atoms with Gasteiger partial charge in [0.2, 0.25) is 0 Å². The maximum Gasteiger partial charge on any atom is 0.255 e. The third kappa shape index (κ3) is 2.19. The highest BCUT2D eigenvalue weighted by atomic mass is 16.1. The van der Waals surface area contributed by atoms with E-state index >= 15 is 0 Å². The molecule has 0 saturated heterocycles. The first-order valence-electron chi connectivity index (χ1n) is 6.32. The number of carbonyl (C=O) groups is 1. The maximum absolute atomic E-state index is 12.2. The Bertz CT molecular complexity index is 645. The van der Waals surface area contributed by atoms with Crippen molar-refractivity contribution in [3.8, 4) is 0 Å². The van der Waals surface area contributed by atoms with Crippen LogP contribution in [-0.4, -0.2) is 22.2 Å². The Kier molecular flexibility index (Phi) is 2.74. The van der Waals surface area contributed by atoms with Crippen molar-refractivity contribution in [2.45, 2.75) is 13.3 Å². The van der Waals surface area contributed by atoms with E-state index in [0.29, 0.717) is 5.56 Å². The zero-order valence-corrected chi connectivity index (χ0v) is 11.0. The third-order valence-corrected chi connectivity index (χ3v) is 3.34. The summed E-state index contributed by atoms with van der Waals surface area (Å²) in [5.74, 6) is -0.0919. The van der Waals surface area contributed by atoms with E-state index in [1.807, 2.05) is 38.4 Å². The van der Waals surface area contributed by atoms with Crippen LogP contribution in [0, 0.1) is 6.92 Å². The second-order valence-electron chi connectivity index (χ2n) is 4.80. The lowest BCUT2D eigenvalue weighted by Crippen LogP contribution is -2.12. The smallest absolute Gasteiger partial charge is 0.255 e. The molecule has 1 aliphatic heterocycles. The lowest BCUT2D eigenvalue weighted by atomic mass is 10.1. The minimum atomic E-state index is -0.0919. The number of rotatable bonds is 2. The second kappa shape index (κ2) is 4.42. The molecule has 2 N–H and O–H groups in total. The minimum Gasteiger partial charge on any atom is -0.384 e. The van der Waals surface area contributed by atoms with E-state index in [9.17, 15) is 4.79 Å². The molecule has 98 valence electrons. The average molecular weight is 256 g/mol. The Labute approximate surface area is 111 Å². The fourth-order valence-corrected chi connectivity index (χ4v) is 2.36. The average Bonchev–Trinajstić information content (AvgIpc) is 2.95. The number of anilines is 2. The van der Waals surface area contributed by atoms with E-state index in [1.165, 1.54) is 5.56 Å². The molecule has 5 heteroatoms. The molecule has 1 amide bonds.